The molecule has 0 radical (unpaired) electrons. The van der Waals surface area contributed by atoms with Crippen molar-refractivity contribution >= 4 is 23.7 Å². The number of H-pyrrole nitrogens is 1. The lowest BCUT2D eigenvalue weighted by atomic mass is 9.98. The summed E-state index contributed by atoms with van der Waals surface area (Å²) in [5.41, 5.74) is 6.32. The quantitative estimate of drug-likeness (QED) is 0.0516. The molecule has 6 rings (SSSR count). The van der Waals surface area contributed by atoms with Crippen LogP contribution in [0.4, 0.5) is 4.79 Å². The molecule has 0 bridgehead atoms. The Hall–Kier alpha value is -6.61. The van der Waals surface area contributed by atoms with Crippen molar-refractivity contribution in [1.29, 1.82) is 0 Å². The van der Waals surface area contributed by atoms with Crippen LogP contribution in [0.5, 0.6) is 0 Å². The topological polar surface area (TPSA) is 189 Å². The zero-order valence-electron chi connectivity index (χ0n) is 30.5. The number of aryl methyl sites for hydroxylation is 1. The number of tetrazole rings is 1. The molecule has 0 aliphatic heterocycles. The van der Waals surface area contributed by atoms with E-state index in [1.807, 2.05) is 83.4 Å². The molecule has 2 heterocycles. The van der Waals surface area contributed by atoms with Gasteiger partial charge in [-0.05, 0) is 45.0 Å². The maximum Gasteiger partial charge on any atom is 0.408 e. The average molecular weight is 779 g/mol. The molecule has 0 fully saturated rings. The highest BCUT2D eigenvalue weighted by molar-refractivity contribution is 6.30. The summed E-state index contributed by atoms with van der Waals surface area (Å²) in [6.07, 6.45) is 1.85. The smallest absolute Gasteiger partial charge is 0.408 e. The molecule has 16 heteroatoms. The van der Waals surface area contributed by atoms with Crippen molar-refractivity contribution in [3.63, 3.8) is 0 Å². The zero-order chi connectivity index (χ0) is 39.3. The molecule has 0 aliphatic rings. The summed E-state index contributed by atoms with van der Waals surface area (Å²) in [5, 5.41) is 27.0. The summed E-state index contributed by atoms with van der Waals surface area (Å²) in [5.74, 6) is 0.605. The number of hydrogen-bond donors (Lipinski definition) is 2. The number of aromatic nitrogens is 6. The Morgan fingerprint density at radius 1 is 0.857 bits per heavy atom. The minimum Gasteiger partial charge on any atom is -0.459 e. The van der Waals surface area contributed by atoms with E-state index >= 15 is 0 Å². The lowest BCUT2D eigenvalue weighted by Gasteiger charge is -2.18. The molecular weight excluding hydrogens is 740 g/mol. The fourth-order valence-corrected chi connectivity index (χ4v) is 6.26. The number of amides is 1. The van der Waals surface area contributed by atoms with Gasteiger partial charge in [0.15, 0.2) is 5.15 Å². The third-order valence-electron chi connectivity index (χ3n) is 8.92. The average Bonchev–Trinajstić information content (AvgIpc) is 3.86. The maximum absolute atomic E-state index is 13.3. The van der Waals surface area contributed by atoms with Crippen molar-refractivity contribution < 1.29 is 29.0 Å². The van der Waals surface area contributed by atoms with Crippen LogP contribution in [0.25, 0.3) is 22.5 Å². The number of ether oxygens (including phenoxy) is 2. The Balaban J connectivity index is 1.13. The van der Waals surface area contributed by atoms with Gasteiger partial charge in [-0.3, -0.25) is 0 Å². The van der Waals surface area contributed by atoms with E-state index in [0.29, 0.717) is 35.6 Å². The van der Waals surface area contributed by atoms with E-state index in [1.54, 1.807) is 24.3 Å². The zero-order valence-corrected chi connectivity index (χ0v) is 31.2. The highest BCUT2D eigenvalue weighted by Gasteiger charge is 2.25. The Labute approximate surface area is 327 Å². The number of carbonyl (C=O) groups excluding carboxylic acids is 2. The number of esters is 1. The molecule has 288 valence electrons. The van der Waals surface area contributed by atoms with Crippen LogP contribution in [0.1, 0.15) is 53.5 Å². The lowest BCUT2D eigenvalue weighted by Crippen LogP contribution is -2.43. The number of unbranched alkanes of at least 4 members (excludes halogenated alkanes) is 1. The molecule has 2 N–H and O–H groups in total. The van der Waals surface area contributed by atoms with Gasteiger partial charge in [0.05, 0.1) is 5.69 Å². The molecule has 1 amide bonds. The number of imidazole rings is 1. The number of benzene rings is 4. The molecule has 0 saturated heterocycles. The van der Waals surface area contributed by atoms with E-state index in [-0.39, 0.29) is 31.4 Å². The van der Waals surface area contributed by atoms with Gasteiger partial charge in [-0.2, -0.15) is 5.21 Å². The Bertz CT molecular complexity index is 2210. The Morgan fingerprint density at radius 3 is 2.21 bits per heavy atom. The van der Waals surface area contributed by atoms with E-state index in [2.05, 4.69) is 42.7 Å². The van der Waals surface area contributed by atoms with Crippen LogP contribution in [-0.2, 0) is 58.3 Å². The van der Waals surface area contributed by atoms with Gasteiger partial charge in [-0.25, -0.2) is 14.6 Å². The second-order valence-corrected chi connectivity index (χ2v) is 13.2. The molecule has 15 nitrogen and oxygen atoms in total. The fraction of sp³-hybridized carbons (Fsp3) is 0.250. The first-order valence-corrected chi connectivity index (χ1v) is 18.3. The first-order chi connectivity index (χ1) is 27.3. The van der Waals surface area contributed by atoms with Crippen molar-refractivity contribution in [3.8, 4) is 22.5 Å². The number of halogens is 1. The van der Waals surface area contributed by atoms with Gasteiger partial charge in [0.1, 0.15) is 31.7 Å². The number of rotatable bonds is 18. The summed E-state index contributed by atoms with van der Waals surface area (Å²) < 4.78 is 13.2. The molecule has 0 aliphatic carbocycles. The number of hydrogen-bond acceptors (Lipinski definition) is 11. The number of aromatic amines is 1. The van der Waals surface area contributed by atoms with Crippen molar-refractivity contribution in [1.82, 2.24) is 35.5 Å². The summed E-state index contributed by atoms with van der Waals surface area (Å²) >= 11 is 6.68. The molecule has 0 saturated carbocycles. The third kappa shape index (κ3) is 10.5. The predicted molar refractivity (Wildman–Crippen MR) is 205 cm³/mol. The van der Waals surface area contributed by atoms with Crippen LogP contribution < -0.4 is 5.32 Å². The van der Waals surface area contributed by atoms with E-state index < -0.39 is 23.2 Å². The summed E-state index contributed by atoms with van der Waals surface area (Å²) in [7, 11) is 0. The summed E-state index contributed by atoms with van der Waals surface area (Å²) in [4.78, 5) is 46.2. The minimum absolute atomic E-state index is 0.0845. The molecule has 6 aromatic rings. The van der Waals surface area contributed by atoms with Crippen LogP contribution in [-0.4, -0.2) is 53.4 Å². The highest BCUT2D eigenvalue weighted by atomic mass is 35.5. The van der Waals surface area contributed by atoms with Crippen LogP contribution >= 0.6 is 11.6 Å². The molecule has 2 aromatic heterocycles. The largest absolute Gasteiger partial charge is 0.459 e. The first-order valence-electron chi connectivity index (χ1n) is 17.9. The van der Waals surface area contributed by atoms with Gasteiger partial charge in [-0.1, -0.05) is 128 Å². The number of alkyl carbamates (subject to hydrolysis) is 1. The number of nitrogens with one attached hydrogen (secondary N) is 2. The van der Waals surface area contributed by atoms with Crippen molar-refractivity contribution in [2.75, 3.05) is 0 Å². The van der Waals surface area contributed by atoms with E-state index in [4.69, 9.17) is 21.1 Å². The van der Waals surface area contributed by atoms with Crippen molar-refractivity contribution in [3.05, 3.63) is 152 Å². The molecular formula is C40H39ClN8O7. The molecule has 56 heavy (non-hydrogen) atoms. The van der Waals surface area contributed by atoms with Crippen molar-refractivity contribution in [2.24, 2.45) is 0 Å². The van der Waals surface area contributed by atoms with Gasteiger partial charge in [0.25, 0.3) is 5.09 Å². The highest BCUT2D eigenvalue weighted by Crippen LogP contribution is 2.30. The van der Waals surface area contributed by atoms with Gasteiger partial charge < -0.3 is 24.2 Å². The Morgan fingerprint density at radius 2 is 1.54 bits per heavy atom. The normalized spacial score (nSPS) is 11.5. The lowest BCUT2D eigenvalue weighted by molar-refractivity contribution is -0.763. The molecule has 4 aromatic carbocycles. The summed E-state index contributed by atoms with van der Waals surface area (Å²) in [6, 6.07) is 30.7. The third-order valence-corrected chi connectivity index (χ3v) is 9.22. The minimum atomic E-state index is -1.07. The van der Waals surface area contributed by atoms with Gasteiger partial charge in [0.2, 0.25) is 5.82 Å². The van der Waals surface area contributed by atoms with Gasteiger partial charge in [-0.15, -0.1) is 20.3 Å². The van der Waals surface area contributed by atoms with Crippen molar-refractivity contribution in [2.45, 2.75) is 65.0 Å². The van der Waals surface area contributed by atoms with E-state index in [1.165, 1.54) is 0 Å². The maximum atomic E-state index is 13.3. The molecule has 1 unspecified atom stereocenters. The number of carbonyl (C=O) groups is 2. The summed E-state index contributed by atoms with van der Waals surface area (Å²) in [6.45, 7) is 2.05. The van der Waals surface area contributed by atoms with Crippen LogP contribution in [0.3, 0.4) is 0 Å². The van der Waals surface area contributed by atoms with E-state index in [0.717, 1.165) is 46.5 Å². The molecule has 1 atom stereocenters. The van der Waals surface area contributed by atoms with E-state index in [9.17, 15) is 19.7 Å². The second kappa shape index (κ2) is 19.1. The predicted octanol–water partition coefficient (Wildman–Crippen LogP) is 7.06. The fourth-order valence-electron chi connectivity index (χ4n) is 6.01. The standard InChI is InChI=1S/C40H39ClN8O7/c1-2-3-13-36-43-37(41)35(48(36)23-28-18-20-31(21-19-28)32-11-7-8-12-33(32)38-44-46-47-45-38)26-55-40(51)42-34(22-27-9-5-4-6-10-27)39(50)54-24-29-14-16-30(17-15-29)25-56-49(52)53/h4-12,14-21,34H,2-3,13,22-26H2,1H3,(H,42,51)(H,44,45,46,47). The Kier molecular flexibility index (Phi) is 13.3. The van der Waals surface area contributed by atoms with Crippen LogP contribution in [0.15, 0.2) is 103 Å². The van der Waals surface area contributed by atoms with Crippen LogP contribution in [0, 0.1) is 10.1 Å². The monoisotopic (exact) mass is 778 g/mol. The van der Waals surface area contributed by atoms with Gasteiger partial charge >= 0.3 is 12.1 Å². The van der Waals surface area contributed by atoms with Gasteiger partial charge in [0, 0.05) is 24.9 Å². The number of nitrogens with zero attached hydrogens (tertiary/aromatic N) is 6. The SMILES string of the molecule is CCCCc1nc(Cl)c(COC(=O)NC(Cc2ccccc2)C(=O)OCc2ccc(CO[N+](=O)[O-])cc2)n1Cc1ccc(-c2ccccc2-c2nn[nH]n2)cc1. The first kappa shape index (κ1) is 39.1. The molecule has 0 spiro atoms. The van der Waals surface area contributed by atoms with Crippen LogP contribution in [0.2, 0.25) is 5.15 Å². The second-order valence-electron chi connectivity index (χ2n) is 12.8.